The van der Waals surface area contributed by atoms with E-state index < -0.39 is 0 Å². The van der Waals surface area contributed by atoms with E-state index in [0.29, 0.717) is 17.5 Å². The van der Waals surface area contributed by atoms with Gasteiger partial charge in [0.05, 0.1) is 0 Å². The molecule has 5 heteroatoms. The second-order valence-electron chi connectivity index (χ2n) is 8.76. The van der Waals surface area contributed by atoms with Gasteiger partial charge in [0.25, 0.3) is 5.91 Å². The fourth-order valence-electron chi connectivity index (χ4n) is 4.42. The third-order valence-electron chi connectivity index (χ3n) is 6.45. The van der Waals surface area contributed by atoms with Gasteiger partial charge in [-0.05, 0) is 55.3 Å². The van der Waals surface area contributed by atoms with Crippen LogP contribution in [0.3, 0.4) is 0 Å². The summed E-state index contributed by atoms with van der Waals surface area (Å²) in [6, 6.07) is 12.8. The van der Waals surface area contributed by atoms with Crippen molar-refractivity contribution in [3.63, 3.8) is 0 Å². The average Bonchev–Trinajstić information content (AvgIpc) is 3.27. The summed E-state index contributed by atoms with van der Waals surface area (Å²) in [5.41, 5.74) is 5.59. The van der Waals surface area contributed by atoms with Crippen LogP contribution in [0.15, 0.2) is 54.7 Å². The molecule has 0 atom stereocenters. The monoisotopic (exact) mass is 443 g/mol. The quantitative estimate of drug-likeness (QED) is 0.302. The topological polar surface area (TPSA) is 65.2 Å². The second-order valence-corrected chi connectivity index (χ2v) is 8.76. The summed E-state index contributed by atoms with van der Waals surface area (Å²) in [6.07, 6.45) is 9.75. The van der Waals surface area contributed by atoms with E-state index in [2.05, 4.69) is 34.4 Å². The summed E-state index contributed by atoms with van der Waals surface area (Å²) in [5.74, 6) is -0.102. The Morgan fingerprint density at radius 2 is 1.82 bits per heavy atom. The molecule has 0 fully saturated rings. The first-order valence-electron chi connectivity index (χ1n) is 12.1. The number of nitrogens with zero attached hydrogens (tertiary/aromatic N) is 1. The van der Waals surface area contributed by atoms with Gasteiger partial charge in [-0.1, -0.05) is 44.9 Å². The van der Waals surface area contributed by atoms with E-state index in [1.807, 2.05) is 25.1 Å². The standard InChI is InChI=1S/C28H33N3O2/c1-3-5-6-15-31-16-13-20(14-17-31)25-19-29-26-12-11-23(18-24(25)26)30-28(33)22-9-7-21(8-10-22)27(32)4-2/h7-13,18-19,29H,3-6,14-17H2,1-2H3,(H,30,33). The molecule has 2 heterocycles. The van der Waals surface area contributed by atoms with Crippen molar-refractivity contribution < 1.29 is 9.59 Å². The lowest BCUT2D eigenvalue weighted by Crippen LogP contribution is -2.29. The van der Waals surface area contributed by atoms with Crippen LogP contribution >= 0.6 is 0 Å². The van der Waals surface area contributed by atoms with Crippen molar-refractivity contribution in [1.29, 1.82) is 0 Å². The highest BCUT2D eigenvalue weighted by Crippen LogP contribution is 2.31. The number of Topliss-reactive ketones (excluding diaryl/α,β-unsaturated/α-hetero) is 1. The SMILES string of the molecule is CCCCCN1CC=C(c2c[nH]c3ccc(NC(=O)c4ccc(C(=O)CC)cc4)cc23)CC1. The average molecular weight is 444 g/mol. The van der Waals surface area contributed by atoms with Crippen molar-refractivity contribution in [3.05, 3.63) is 71.4 Å². The van der Waals surface area contributed by atoms with Crippen LogP contribution in [0.1, 0.15) is 72.2 Å². The Bertz CT molecular complexity index is 1160. The fraction of sp³-hybridized carbons (Fsp3) is 0.357. The molecule has 3 aromatic rings. The van der Waals surface area contributed by atoms with E-state index in [0.717, 1.165) is 36.1 Å². The molecule has 5 nitrogen and oxygen atoms in total. The number of carbonyl (C=O) groups excluding carboxylic acids is 2. The zero-order chi connectivity index (χ0) is 23.2. The van der Waals surface area contributed by atoms with E-state index in [1.165, 1.54) is 36.9 Å². The lowest BCUT2D eigenvalue weighted by molar-refractivity contribution is 0.0984. The van der Waals surface area contributed by atoms with Gasteiger partial charge in [0, 0.05) is 59.0 Å². The third kappa shape index (κ3) is 5.42. The van der Waals surface area contributed by atoms with Crippen molar-refractivity contribution >= 4 is 33.9 Å². The van der Waals surface area contributed by atoms with Crippen molar-refractivity contribution in [3.8, 4) is 0 Å². The maximum absolute atomic E-state index is 12.7. The van der Waals surface area contributed by atoms with Gasteiger partial charge in [-0.15, -0.1) is 0 Å². The van der Waals surface area contributed by atoms with Crippen LogP contribution < -0.4 is 5.32 Å². The predicted molar refractivity (Wildman–Crippen MR) is 136 cm³/mol. The van der Waals surface area contributed by atoms with Crippen LogP contribution in [0.5, 0.6) is 0 Å². The van der Waals surface area contributed by atoms with Crippen LogP contribution in [0, 0.1) is 0 Å². The van der Waals surface area contributed by atoms with Crippen LogP contribution in [0.2, 0.25) is 0 Å². The third-order valence-corrected chi connectivity index (χ3v) is 6.45. The number of hydrogen-bond donors (Lipinski definition) is 2. The van der Waals surface area contributed by atoms with Crippen molar-refractivity contribution in [2.45, 2.75) is 46.0 Å². The van der Waals surface area contributed by atoms with Crippen LogP contribution in [0.4, 0.5) is 5.69 Å². The van der Waals surface area contributed by atoms with Crippen LogP contribution in [0.25, 0.3) is 16.5 Å². The number of fused-ring (bicyclic) bond motifs is 1. The lowest BCUT2D eigenvalue weighted by Gasteiger charge is -2.26. The lowest BCUT2D eigenvalue weighted by atomic mass is 9.98. The van der Waals surface area contributed by atoms with Crippen molar-refractivity contribution in [2.75, 3.05) is 25.0 Å². The molecule has 0 unspecified atom stereocenters. The smallest absolute Gasteiger partial charge is 0.255 e. The van der Waals surface area contributed by atoms with Crippen molar-refractivity contribution in [2.24, 2.45) is 0 Å². The highest BCUT2D eigenvalue weighted by Gasteiger charge is 2.16. The Morgan fingerprint density at radius 1 is 1.03 bits per heavy atom. The molecular weight excluding hydrogens is 410 g/mol. The summed E-state index contributed by atoms with van der Waals surface area (Å²) in [4.78, 5) is 30.5. The molecule has 1 aliphatic rings. The predicted octanol–water partition coefficient (Wildman–Crippen LogP) is 6.29. The molecule has 1 aliphatic heterocycles. The molecule has 1 amide bonds. The number of carbonyl (C=O) groups is 2. The van der Waals surface area contributed by atoms with E-state index >= 15 is 0 Å². The number of aromatic nitrogens is 1. The van der Waals surface area contributed by atoms with Gasteiger partial charge < -0.3 is 10.3 Å². The zero-order valence-electron chi connectivity index (χ0n) is 19.6. The number of amides is 1. The van der Waals surface area contributed by atoms with E-state index in [4.69, 9.17) is 0 Å². The van der Waals surface area contributed by atoms with Crippen LogP contribution in [-0.4, -0.2) is 41.2 Å². The fourth-order valence-corrected chi connectivity index (χ4v) is 4.42. The Balaban J connectivity index is 1.47. The van der Waals surface area contributed by atoms with Gasteiger partial charge in [-0.2, -0.15) is 0 Å². The molecule has 0 aliphatic carbocycles. The number of nitrogens with one attached hydrogen (secondary N) is 2. The van der Waals surface area contributed by atoms with Gasteiger partial charge in [0.1, 0.15) is 0 Å². The Labute approximate surface area is 195 Å². The first kappa shape index (κ1) is 23.0. The minimum atomic E-state index is -0.179. The molecule has 33 heavy (non-hydrogen) atoms. The molecule has 2 N–H and O–H groups in total. The maximum atomic E-state index is 12.7. The Morgan fingerprint density at radius 3 is 2.52 bits per heavy atom. The summed E-state index contributed by atoms with van der Waals surface area (Å²) < 4.78 is 0. The summed E-state index contributed by atoms with van der Waals surface area (Å²) in [5, 5.41) is 4.13. The number of H-pyrrole nitrogens is 1. The molecule has 0 bridgehead atoms. The molecule has 2 aromatic carbocycles. The number of aromatic amines is 1. The first-order valence-corrected chi connectivity index (χ1v) is 12.1. The molecule has 172 valence electrons. The number of benzene rings is 2. The highest BCUT2D eigenvalue weighted by atomic mass is 16.1. The maximum Gasteiger partial charge on any atom is 0.255 e. The van der Waals surface area contributed by atoms with Gasteiger partial charge >= 0.3 is 0 Å². The van der Waals surface area contributed by atoms with Gasteiger partial charge in [-0.3, -0.25) is 14.5 Å². The normalized spacial score (nSPS) is 14.3. The minimum absolute atomic E-state index is 0.0773. The molecule has 0 radical (unpaired) electrons. The molecule has 0 spiro atoms. The van der Waals surface area contributed by atoms with E-state index in [-0.39, 0.29) is 11.7 Å². The number of unbranched alkanes of at least 4 members (excludes halogenated alkanes) is 2. The van der Waals surface area contributed by atoms with Gasteiger partial charge in [0.2, 0.25) is 0 Å². The number of rotatable bonds is 9. The zero-order valence-corrected chi connectivity index (χ0v) is 19.6. The number of hydrogen-bond acceptors (Lipinski definition) is 3. The van der Waals surface area contributed by atoms with Crippen LogP contribution in [-0.2, 0) is 0 Å². The highest BCUT2D eigenvalue weighted by molar-refractivity contribution is 6.06. The van der Waals surface area contributed by atoms with Crippen molar-refractivity contribution in [1.82, 2.24) is 9.88 Å². The second kappa shape index (κ2) is 10.6. The molecule has 1 aromatic heterocycles. The molecule has 0 saturated heterocycles. The number of ketones is 1. The Hall–Kier alpha value is -3.18. The molecule has 0 saturated carbocycles. The summed E-state index contributed by atoms with van der Waals surface area (Å²) >= 11 is 0. The minimum Gasteiger partial charge on any atom is -0.361 e. The molecular formula is C28H33N3O2. The van der Waals surface area contributed by atoms with Gasteiger partial charge in [0.15, 0.2) is 5.78 Å². The molecule has 4 rings (SSSR count). The Kier molecular flexibility index (Phi) is 7.40. The number of anilines is 1. The largest absolute Gasteiger partial charge is 0.361 e. The first-order chi connectivity index (χ1) is 16.1. The summed E-state index contributed by atoms with van der Waals surface area (Å²) in [7, 11) is 0. The summed E-state index contributed by atoms with van der Waals surface area (Å²) in [6.45, 7) is 7.34. The van der Waals surface area contributed by atoms with E-state index in [9.17, 15) is 9.59 Å². The van der Waals surface area contributed by atoms with Gasteiger partial charge in [-0.25, -0.2) is 0 Å². The van der Waals surface area contributed by atoms with E-state index in [1.54, 1.807) is 24.3 Å².